The first-order valence-electron chi connectivity index (χ1n) is 9.55. The summed E-state index contributed by atoms with van der Waals surface area (Å²) in [5, 5.41) is 7.27. The van der Waals surface area contributed by atoms with Crippen LogP contribution in [0, 0.1) is 0 Å². The number of carbonyl (C=O) groups is 1. The van der Waals surface area contributed by atoms with Crippen LogP contribution in [0.25, 0.3) is 5.69 Å². The lowest BCUT2D eigenvalue weighted by Gasteiger charge is -2.15. The minimum atomic E-state index is -0.0763. The average Bonchev–Trinajstić information content (AvgIpc) is 3.25. The van der Waals surface area contributed by atoms with E-state index in [2.05, 4.69) is 26.3 Å². The fraction of sp³-hybridized carbons (Fsp3) is 0.273. The van der Waals surface area contributed by atoms with E-state index in [9.17, 15) is 4.79 Å². The highest BCUT2D eigenvalue weighted by atomic mass is 79.9. The first kappa shape index (κ1) is 20.9. The van der Waals surface area contributed by atoms with Crippen LogP contribution in [0.5, 0.6) is 11.5 Å². The van der Waals surface area contributed by atoms with Crippen molar-refractivity contribution in [2.24, 2.45) is 0 Å². The van der Waals surface area contributed by atoms with Crippen molar-refractivity contribution in [1.82, 2.24) is 15.1 Å². The van der Waals surface area contributed by atoms with Gasteiger partial charge in [0.05, 0.1) is 25.3 Å². The number of ether oxygens (including phenoxy) is 2. The lowest BCUT2D eigenvalue weighted by atomic mass is 10.1. The van der Waals surface area contributed by atoms with E-state index in [-0.39, 0.29) is 12.3 Å². The Morgan fingerprint density at radius 3 is 2.48 bits per heavy atom. The first-order chi connectivity index (χ1) is 14.1. The van der Waals surface area contributed by atoms with Crippen molar-refractivity contribution < 1.29 is 14.3 Å². The van der Waals surface area contributed by atoms with Gasteiger partial charge in [-0.2, -0.15) is 5.10 Å². The maximum absolute atomic E-state index is 12.6. The van der Waals surface area contributed by atoms with Gasteiger partial charge in [0.2, 0.25) is 5.91 Å². The summed E-state index contributed by atoms with van der Waals surface area (Å²) >= 11 is 3.54. The van der Waals surface area contributed by atoms with Crippen LogP contribution >= 0.6 is 15.9 Å². The molecule has 0 aliphatic carbocycles. The topological polar surface area (TPSA) is 65.4 Å². The minimum absolute atomic E-state index is 0.0763. The van der Waals surface area contributed by atoms with Gasteiger partial charge in [-0.15, -0.1) is 0 Å². The van der Waals surface area contributed by atoms with Gasteiger partial charge in [0, 0.05) is 23.4 Å². The second kappa shape index (κ2) is 10.1. The van der Waals surface area contributed by atoms with Gasteiger partial charge < -0.3 is 14.8 Å². The number of nitrogens with zero attached hydrogens (tertiary/aromatic N) is 2. The molecule has 29 heavy (non-hydrogen) atoms. The van der Waals surface area contributed by atoms with E-state index < -0.39 is 0 Å². The highest BCUT2D eigenvalue weighted by molar-refractivity contribution is 9.10. The highest BCUT2D eigenvalue weighted by Crippen LogP contribution is 2.34. The second-order valence-electron chi connectivity index (χ2n) is 6.29. The molecule has 1 amide bonds. The summed E-state index contributed by atoms with van der Waals surface area (Å²) in [4.78, 5) is 12.6. The Morgan fingerprint density at radius 1 is 1.07 bits per heavy atom. The largest absolute Gasteiger partial charge is 0.490 e. The van der Waals surface area contributed by atoms with Crippen molar-refractivity contribution in [2.45, 2.75) is 26.8 Å². The van der Waals surface area contributed by atoms with Crippen LogP contribution in [-0.4, -0.2) is 28.9 Å². The molecular formula is C22H24BrN3O3. The minimum Gasteiger partial charge on any atom is -0.490 e. The van der Waals surface area contributed by atoms with Gasteiger partial charge >= 0.3 is 0 Å². The Bertz CT molecular complexity index is 958. The number of benzene rings is 2. The van der Waals surface area contributed by atoms with Crippen molar-refractivity contribution in [3.8, 4) is 17.2 Å². The summed E-state index contributed by atoms with van der Waals surface area (Å²) in [6.45, 7) is 5.33. The lowest BCUT2D eigenvalue weighted by Crippen LogP contribution is -2.25. The standard InChI is InChI=1S/C22H24BrN3O3/c1-3-28-20-12-17(18(23)14-21(20)29-4-2)13-22(27)24-15-16-8-5-6-9-19(16)26-11-7-10-25-26/h5-12,14H,3-4,13,15H2,1-2H3,(H,24,27). The number of hydrogen-bond acceptors (Lipinski definition) is 4. The molecule has 0 radical (unpaired) electrons. The van der Waals surface area contributed by atoms with Crippen LogP contribution in [0.15, 0.2) is 59.3 Å². The lowest BCUT2D eigenvalue weighted by molar-refractivity contribution is -0.120. The van der Waals surface area contributed by atoms with E-state index in [4.69, 9.17) is 9.47 Å². The van der Waals surface area contributed by atoms with E-state index in [0.717, 1.165) is 21.3 Å². The SMILES string of the molecule is CCOc1cc(Br)c(CC(=O)NCc2ccccc2-n2cccn2)cc1OCC. The molecule has 0 saturated heterocycles. The molecule has 6 nitrogen and oxygen atoms in total. The van der Waals surface area contributed by atoms with E-state index in [1.807, 2.05) is 62.5 Å². The Balaban J connectivity index is 1.70. The average molecular weight is 458 g/mol. The predicted octanol–water partition coefficient (Wildman–Crippen LogP) is 4.29. The van der Waals surface area contributed by atoms with Crippen LogP contribution in [0.2, 0.25) is 0 Å². The number of nitrogens with one attached hydrogen (secondary N) is 1. The molecule has 1 heterocycles. The third-order valence-corrected chi connectivity index (χ3v) is 5.02. The molecule has 1 aromatic heterocycles. The van der Waals surface area contributed by atoms with Gasteiger partial charge in [-0.1, -0.05) is 34.1 Å². The van der Waals surface area contributed by atoms with Gasteiger partial charge in [0.25, 0.3) is 0 Å². The van der Waals surface area contributed by atoms with E-state index >= 15 is 0 Å². The summed E-state index contributed by atoms with van der Waals surface area (Å²) in [5.41, 5.74) is 2.78. The number of para-hydroxylation sites is 1. The molecule has 7 heteroatoms. The third kappa shape index (κ3) is 5.38. The van der Waals surface area contributed by atoms with Crippen LogP contribution in [0.4, 0.5) is 0 Å². The van der Waals surface area contributed by atoms with Crippen LogP contribution in [0.1, 0.15) is 25.0 Å². The van der Waals surface area contributed by atoms with Crippen molar-refractivity contribution in [3.63, 3.8) is 0 Å². The normalized spacial score (nSPS) is 10.6. The molecule has 0 atom stereocenters. The Kier molecular flexibility index (Phi) is 7.30. The van der Waals surface area contributed by atoms with Gasteiger partial charge in [0.1, 0.15) is 0 Å². The van der Waals surface area contributed by atoms with Gasteiger partial charge in [-0.3, -0.25) is 4.79 Å². The summed E-state index contributed by atoms with van der Waals surface area (Å²) in [7, 11) is 0. The molecule has 1 N–H and O–H groups in total. The molecule has 0 unspecified atom stereocenters. The fourth-order valence-electron chi connectivity index (χ4n) is 2.97. The van der Waals surface area contributed by atoms with Crippen molar-refractivity contribution >= 4 is 21.8 Å². The molecule has 0 aliphatic heterocycles. The highest BCUT2D eigenvalue weighted by Gasteiger charge is 2.14. The fourth-order valence-corrected chi connectivity index (χ4v) is 3.44. The molecule has 0 saturated carbocycles. The van der Waals surface area contributed by atoms with E-state index in [1.165, 1.54) is 0 Å². The molecule has 0 aliphatic rings. The Morgan fingerprint density at radius 2 is 1.79 bits per heavy atom. The zero-order valence-corrected chi connectivity index (χ0v) is 18.1. The molecule has 0 bridgehead atoms. The quantitative estimate of drug-likeness (QED) is 0.520. The van der Waals surface area contributed by atoms with Crippen LogP contribution < -0.4 is 14.8 Å². The molecule has 2 aromatic carbocycles. The van der Waals surface area contributed by atoms with Crippen LogP contribution in [0.3, 0.4) is 0 Å². The third-order valence-electron chi connectivity index (χ3n) is 4.28. The van der Waals surface area contributed by atoms with Crippen molar-refractivity contribution in [1.29, 1.82) is 0 Å². The molecular weight excluding hydrogens is 434 g/mol. The number of carbonyl (C=O) groups excluding carboxylic acids is 1. The molecule has 3 rings (SSSR count). The first-order valence-corrected chi connectivity index (χ1v) is 10.3. The number of halogens is 1. The second-order valence-corrected chi connectivity index (χ2v) is 7.14. The number of hydrogen-bond donors (Lipinski definition) is 1. The zero-order chi connectivity index (χ0) is 20.6. The Hall–Kier alpha value is -2.80. The van der Waals surface area contributed by atoms with E-state index in [0.29, 0.717) is 31.3 Å². The summed E-state index contributed by atoms with van der Waals surface area (Å²) in [6.07, 6.45) is 3.85. The molecule has 152 valence electrons. The Labute approximate surface area is 179 Å². The summed E-state index contributed by atoms with van der Waals surface area (Å²) in [5.74, 6) is 1.23. The number of aromatic nitrogens is 2. The summed E-state index contributed by atoms with van der Waals surface area (Å²) < 4.78 is 13.9. The van der Waals surface area contributed by atoms with Gasteiger partial charge in [-0.25, -0.2) is 4.68 Å². The van der Waals surface area contributed by atoms with Crippen LogP contribution in [-0.2, 0) is 17.8 Å². The number of amides is 1. The monoisotopic (exact) mass is 457 g/mol. The molecule has 0 fully saturated rings. The van der Waals surface area contributed by atoms with Gasteiger partial charge in [-0.05, 0) is 49.2 Å². The van der Waals surface area contributed by atoms with Crippen molar-refractivity contribution in [2.75, 3.05) is 13.2 Å². The number of rotatable bonds is 9. The predicted molar refractivity (Wildman–Crippen MR) is 116 cm³/mol. The molecule has 0 spiro atoms. The van der Waals surface area contributed by atoms with E-state index in [1.54, 1.807) is 10.9 Å². The maximum atomic E-state index is 12.6. The maximum Gasteiger partial charge on any atom is 0.224 e. The van der Waals surface area contributed by atoms with Crippen molar-refractivity contribution in [3.05, 3.63) is 70.5 Å². The van der Waals surface area contributed by atoms with Gasteiger partial charge in [0.15, 0.2) is 11.5 Å². The zero-order valence-electron chi connectivity index (χ0n) is 16.5. The molecule has 3 aromatic rings. The summed E-state index contributed by atoms with van der Waals surface area (Å²) in [6, 6.07) is 13.4. The smallest absolute Gasteiger partial charge is 0.224 e.